The summed E-state index contributed by atoms with van der Waals surface area (Å²) >= 11 is 1.38. The van der Waals surface area contributed by atoms with Crippen molar-refractivity contribution >= 4 is 27.8 Å². The molecule has 1 aromatic rings. The molecule has 0 spiro atoms. The maximum absolute atomic E-state index is 11.9. The largest absolute Gasteiger partial charge is 0.396 e. The Morgan fingerprint density at radius 2 is 2.25 bits per heavy atom. The predicted molar refractivity (Wildman–Crippen MR) is 83.3 cm³/mol. The van der Waals surface area contributed by atoms with Gasteiger partial charge in [-0.1, -0.05) is 20.8 Å². The molecule has 20 heavy (non-hydrogen) atoms. The second-order valence-corrected chi connectivity index (χ2v) is 7.10. The fraction of sp³-hybridized carbons (Fsp3) is 0.600. The van der Waals surface area contributed by atoms with E-state index in [2.05, 4.69) is 24.8 Å². The molecule has 108 valence electrons. The number of piperidine rings is 1. The van der Waals surface area contributed by atoms with Crippen molar-refractivity contribution in [1.82, 2.24) is 0 Å². The van der Waals surface area contributed by atoms with Crippen molar-refractivity contribution in [2.45, 2.75) is 40.0 Å². The summed E-state index contributed by atoms with van der Waals surface area (Å²) in [7, 11) is 0. The average molecular weight is 291 g/mol. The van der Waals surface area contributed by atoms with Crippen molar-refractivity contribution < 1.29 is 4.79 Å². The number of hydrogen-bond donors (Lipinski definition) is 1. The second-order valence-electron chi connectivity index (χ2n) is 6.10. The molecule has 1 aromatic heterocycles. The topological polar surface area (TPSA) is 70.1 Å². The zero-order chi connectivity index (χ0) is 14.9. The van der Waals surface area contributed by atoms with E-state index < -0.39 is 0 Å². The molecule has 5 heteroatoms. The molecule has 0 unspecified atom stereocenters. The Morgan fingerprint density at radius 3 is 2.80 bits per heavy atom. The van der Waals surface area contributed by atoms with E-state index in [0.717, 1.165) is 24.5 Å². The number of nitrogens with two attached hydrogens (primary N) is 1. The van der Waals surface area contributed by atoms with Crippen LogP contribution in [0.2, 0.25) is 0 Å². The predicted octanol–water partition coefficient (Wildman–Crippen LogP) is 3.42. The van der Waals surface area contributed by atoms with Gasteiger partial charge in [0.25, 0.3) is 0 Å². The fourth-order valence-corrected chi connectivity index (χ4v) is 3.93. The lowest BCUT2D eigenvalue weighted by Gasteiger charge is -2.38. The minimum Gasteiger partial charge on any atom is -0.396 e. The number of carbonyl (C=O) groups is 1. The van der Waals surface area contributed by atoms with Crippen molar-refractivity contribution in [3.63, 3.8) is 0 Å². The van der Waals surface area contributed by atoms with E-state index in [0.29, 0.717) is 22.5 Å². The van der Waals surface area contributed by atoms with E-state index in [1.54, 1.807) is 0 Å². The SMILES string of the molecule is CCC(=O)c1sc(N2CCCC(C)(C)C2)c(C#N)c1N. The van der Waals surface area contributed by atoms with Crippen LogP contribution in [-0.4, -0.2) is 18.9 Å². The highest BCUT2D eigenvalue weighted by Gasteiger charge is 2.30. The van der Waals surface area contributed by atoms with Gasteiger partial charge >= 0.3 is 0 Å². The van der Waals surface area contributed by atoms with Crippen molar-refractivity contribution in [2.75, 3.05) is 23.7 Å². The Kier molecular flexibility index (Phi) is 4.05. The van der Waals surface area contributed by atoms with Crippen LogP contribution in [0, 0.1) is 16.7 Å². The fourth-order valence-electron chi connectivity index (χ4n) is 2.73. The third-order valence-corrected chi connectivity index (χ3v) is 5.11. The molecule has 2 rings (SSSR count). The lowest BCUT2D eigenvalue weighted by atomic mass is 9.84. The van der Waals surface area contributed by atoms with E-state index in [1.165, 1.54) is 17.8 Å². The van der Waals surface area contributed by atoms with Crippen LogP contribution >= 0.6 is 11.3 Å². The summed E-state index contributed by atoms with van der Waals surface area (Å²) in [6.45, 7) is 8.12. The van der Waals surface area contributed by atoms with E-state index in [1.807, 2.05) is 6.92 Å². The summed E-state index contributed by atoms with van der Waals surface area (Å²) in [6.07, 6.45) is 2.71. The van der Waals surface area contributed by atoms with Crippen LogP contribution in [0.15, 0.2) is 0 Å². The molecule has 1 aliphatic rings. The number of carbonyl (C=O) groups excluding carboxylic acids is 1. The Labute approximate surface area is 124 Å². The highest BCUT2D eigenvalue weighted by Crippen LogP contribution is 2.41. The monoisotopic (exact) mass is 291 g/mol. The van der Waals surface area contributed by atoms with E-state index in [-0.39, 0.29) is 11.2 Å². The summed E-state index contributed by atoms with van der Waals surface area (Å²) in [5.41, 5.74) is 7.08. The summed E-state index contributed by atoms with van der Waals surface area (Å²) in [6, 6.07) is 2.18. The zero-order valence-corrected chi connectivity index (χ0v) is 13.1. The molecule has 1 fully saturated rings. The quantitative estimate of drug-likeness (QED) is 0.866. The summed E-state index contributed by atoms with van der Waals surface area (Å²) in [5, 5.41) is 10.2. The van der Waals surface area contributed by atoms with Gasteiger partial charge in [0.2, 0.25) is 0 Å². The van der Waals surface area contributed by atoms with Crippen LogP contribution in [0.25, 0.3) is 0 Å². The number of nitrogen functional groups attached to an aromatic ring is 1. The zero-order valence-electron chi connectivity index (χ0n) is 12.3. The number of Topliss-reactive ketones (excluding diaryl/α,β-unsaturated/α-hetero) is 1. The van der Waals surface area contributed by atoms with Crippen LogP contribution < -0.4 is 10.6 Å². The maximum Gasteiger partial charge on any atom is 0.174 e. The lowest BCUT2D eigenvalue weighted by molar-refractivity contribution is 0.0993. The van der Waals surface area contributed by atoms with Gasteiger partial charge in [-0.25, -0.2) is 0 Å². The first-order valence-electron chi connectivity index (χ1n) is 7.00. The molecule has 0 atom stereocenters. The first kappa shape index (κ1) is 14.9. The molecule has 0 radical (unpaired) electrons. The highest BCUT2D eigenvalue weighted by molar-refractivity contribution is 7.19. The van der Waals surface area contributed by atoms with Gasteiger partial charge in [0.1, 0.15) is 16.6 Å². The smallest absolute Gasteiger partial charge is 0.174 e. The van der Waals surface area contributed by atoms with Gasteiger partial charge in [-0.05, 0) is 18.3 Å². The lowest BCUT2D eigenvalue weighted by Crippen LogP contribution is -2.40. The van der Waals surface area contributed by atoms with Gasteiger partial charge in [-0.15, -0.1) is 11.3 Å². The molecule has 2 N–H and O–H groups in total. The van der Waals surface area contributed by atoms with E-state index in [4.69, 9.17) is 5.73 Å². The number of rotatable bonds is 3. The van der Waals surface area contributed by atoms with Gasteiger partial charge in [0.15, 0.2) is 5.78 Å². The van der Waals surface area contributed by atoms with Gasteiger partial charge in [-0.3, -0.25) is 4.79 Å². The van der Waals surface area contributed by atoms with Crippen molar-refractivity contribution in [2.24, 2.45) is 5.41 Å². The van der Waals surface area contributed by atoms with Crippen LogP contribution in [-0.2, 0) is 0 Å². The maximum atomic E-state index is 11.9. The van der Waals surface area contributed by atoms with Gasteiger partial charge in [-0.2, -0.15) is 5.26 Å². The molecule has 1 saturated heterocycles. The minimum atomic E-state index is 0.0199. The van der Waals surface area contributed by atoms with Crippen molar-refractivity contribution in [1.29, 1.82) is 5.26 Å². The van der Waals surface area contributed by atoms with Gasteiger partial charge in [0.05, 0.1) is 10.6 Å². The number of ketones is 1. The average Bonchev–Trinajstić information content (AvgIpc) is 2.73. The molecule has 0 bridgehead atoms. The van der Waals surface area contributed by atoms with Crippen LogP contribution in [0.1, 0.15) is 55.3 Å². The number of hydrogen-bond acceptors (Lipinski definition) is 5. The minimum absolute atomic E-state index is 0.0199. The molecule has 2 heterocycles. The van der Waals surface area contributed by atoms with Crippen LogP contribution in [0.5, 0.6) is 0 Å². The number of nitrogens with zero attached hydrogens (tertiary/aromatic N) is 2. The van der Waals surface area contributed by atoms with Crippen LogP contribution in [0.4, 0.5) is 10.7 Å². The Morgan fingerprint density at radius 1 is 1.55 bits per heavy atom. The number of anilines is 2. The van der Waals surface area contributed by atoms with Crippen LogP contribution in [0.3, 0.4) is 0 Å². The number of thiophene rings is 1. The van der Waals surface area contributed by atoms with E-state index in [9.17, 15) is 10.1 Å². The summed E-state index contributed by atoms with van der Waals surface area (Å²) < 4.78 is 0. The molecule has 0 amide bonds. The Balaban J connectivity index is 2.42. The highest BCUT2D eigenvalue weighted by atomic mass is 32.1. The molecule has 0 aromatic carbocycles. The van der Waals surface area contributed by atoms with Crippen molar-refractivity contribution in [3.8, 4) is 6.07 Å². The Bertz CT molecular complexity index is 568. The summed E-state index contributed by atoms with van der Waals surface area (Å²) in [5.74, 6) is 0.0199. The second kappa shape index (κ2) is 5.45. The van der Waals surface area contributed by atoms with Gasteiger partial charge in [0, 0.05) is 19.5 Å². The third kappa shape index (κ3) is 2.66. The summed E-state index contributed by atoms with van der Waals surface area (Å²) in [4.78, 5) is 14.7. The standard InChI is InChI=1S/C15H21N3OS/c1-4-11(19)13-12(17)10(8-16)14(20-13)18-7-5-6-15(2,3)9-18/h4-7,9,17H2,1-3H3. The molecule has 4 nitrogen and oxygen atoms in total. The molecule has 1 aliphatic heterocycles. The third-order valence-electron chi connectivity index (χ3n) is 3.80. The molecular weight excluding hydrogens is 270 g/mol. The number of nitriles is 1. The molecule has 0 saturated carbocycles. The van der Waals surface area contributed by atoms with E-state index >= 15 is 0 Å². The normalized spacial score (nSPS) is 17.8. The van der Waals surface area contributed by atoms with Gasteiger partial charge < -0.3 is 10.6 Å². The Hall–Kier alpha value is -1.54. The first-order valence-corrected chi connectivity index (χ1v) is 7.81. The first-order chi connectivity index (χ1) is 9.39. The molecular formula is C15H21N3OS. The molecule has 0 aliphatic carbocycles. The van der Waals surface area contributed by atoms with Crippen molar-refractivity contribution in [3.05, 3.63) is 10.4 Å².